The zero-order valence-electron chi connectivity index (χ0n) is 15.9. The van der Waals surface area contributed by atoms with E-state index in [2.05, 4.69) is 27.5 Å². The summed E-state index contributed by atoms with van der Waals surface area (Å²) in [4.78, 5) is 19.7. The number of para-hydroxylation sites is 1. The van der Waals surface area contributed by atoms with E-state index in [0.29, 0.717) is 11.4 Å². The van der Waals surface area contributed by atoms with E-state index in [9.17, 15) is 10.1 Å². The summed E-state index contributed by atoms with van der Waals surface area (Å²) in [5.41, 5.74) is 2.69. The second-order valence-electron chi connectivity index (χ2n) is 6.08. The van der Waals surface area contributed by atoms with Crippen molar-refractivity contribution in [1.82, 2.24) is 9.97 Å². The van der Waals surface area contributed by atoms with Gasteiger partial charge in [-0.05, 0) is 37.1 Å². The molecule has 28 heavy (non-hydrogen) atoms. The molecule has 0 saturated heterocycles. The molecule has 0 aliphatic carbocycles. The van der Waals surface area contributed by atoms with Crippen LogP contribution in [0.4, 0.5) is 28.8 Å². The lowest BCUT2D eigenvalue weighted by Gasteiger charge is -2.13. The molecule has 1 heterocycles. The Morgan fingerprint density at radius 3 is 2.61 bits per heavy atom. The van der Waals surface area contributed by atoms with Crippen LogP contribution in [0.5, 0.6) is 5.75 Å². The van der Waals surface area contributed by atoms with E-state index in [1.165, 1.54) is 0 Å². The lowest BCUT2D eigenvalue weighted by molar-refractivity contribution is -0.385. The number of aryl methyl sites for hydroxylation is 2. The molecule has 0 saturated carbocycles. The van der Waals surface area contributed by atoms with E-state index in [4.69, 9.17) is 4.74 Å². The van der Waals surface area contributed by atoms with E-state index in [1.54, 1.807) is 38.3 Å². The van der Waals surface area contributed by atoms with Crippen molar-refractivity contribution in [2.45, 2.75) is 20.3 Å². The van der Waals surface area contributed by atoms with Crippen molar-refractivity contribution in [3.8, 4) is 5.75 Å². The Morgan fingerprint density at radius 2 is 1.89 bits per heavy atom. The first-order chi connectivity index (χ1) is 13.5. The van der Waals surface area contributed by atoms with Gasteiger partial charge in [0, 0.05) is 17.4 Å². The van der Waals surface area contributed by atoms with Crippen molar-refractivity contribution in [3.05, 3.63) is 69.9 Å². The number of nitro groups is 1. The summed E-state index contributed by atoms with van der Waals surface area (Å²) >= 11 is 0. The van der Waals surface area contributed by atoms with Crippen molar-refractivity contribution in [2.75, 3.05) is 17.7 Å². The Bertz CT molecular complexity index is 1010. The van der Waals surface area contributed by atoms with Crippen LogP contribution in [0.15, 0.2) is 48.5 Å². The lowest BCUT2D eigenvalue weighted by Crippen LogP contribution is -2.08. The number of aromatic nitrogens is 2. The van der Waals surface area contributed by atoms with E-state index in [1.807, 2.05) is 24.3 Å². The molecule has 144 valence electrons. The van der Waals surface area contributed by atoms with Gasteiger partial charge in [-0.1, -0.05) is 31.2 Å². The molecular weight excluding hydrogens is 358 g/mol. The van der Waals surface area contributed by atoms with Crippen molar-refractivity contribution < 1.29 is 9.66 Å². The highest BCUT2D eigenvalue weighted by Crippen LogP contribution is 2.31. The van der Waals surface area contributed by atoms with E-state index >= 15 is 0 Å². The Kier molecular flexibility index (Phi) is 5.69. The summed E-state index contributed by atoms with van der Waals surface area (Å²) in [6.07, 6.45) is 0.837. The maximum Gasteiger partial charge on any atom is 0.332 e. The van der Waals surface area contributed by atoms with Gasteiger partial charge in [-0.15, -0.1) is 0 Å². The molecule has 8 nitrogen and oxygen atoms in total. The number of nitrogens with one attached hydrogen (secondary N) is 2. The molecule has 8 heteroatoms. The summed E-state index contributed by atoms with van der Waals surface area (Å²) in [5.74, 6) is 1.03. The predicted molar refractivity (Wildman–Crippen MR) is 109 cm³/mol. The highest BCUT2D eigenvalue weighted by molar-refractivity contribution is 5.70. The van der Waals surface area contributed by atoms with E-state index in [-0.39, 0.29) is 23.1 Å². The van der Waals surface area contributed by atoms with Gasteiger partial charge >= 0.3 is 5.69 Å². The normalized spacial score (nSPS) is 10.4. The predicted octanol–water partition coefficient (Wildman–Crippen LogP) is 4.75. The number of anilines is 4. The molecule has 0 aliphatic heterocycles. The minimum atomic E-state index is -0.485. The number of hydrogen-bond acceptors (Lipinski definition) is 7. The first-order valence-corrected chi connectivity index (χ1v) is 8.80. The highest BCUT2D eigenvalue weighted by atomic mass is 16.6. The van der Waals surface area contributed by atoms with Gasteiger partial charge in [0.15, 0.2) is 0 Å². The SMILES string of the molecule is CCc1ccccc1Nc1nc(C)c([N+](=O)[O-])c(Nc2cccc(OC)c2)n1. The molecule has 1 aromatic heterocycles. The van der Waals surface area contributed by atoms with E-state index in [0.717, 1.165) is 17.7 Å². The fourth-order valence-electron chi connectivity index (χ4n) is 2.84. The average molecular weight is 379 g/mol. The second kappa shape index (κ2) is 8.34. The van der Waals surface area contributed by atoms with Gasteiger partial charge < -0.3 is 15.4 Å². The van der Waals surface area contributed by atoms with Crippen molar-refractivity contribution in [3.63, 3.8) is 0 Å². The fraction of sp³-hybridized carbons (Fsp3) is 0.200. The molecule has 2 aromatic carbocycles. The van der Waals surface area contributed by atoms with Crippen LogP contribution in [-0.4, -0.2) is 22.0 Å². The summed E-state index contributed by atoms with van der Waals surface area (Å²) in [6.45, 7) is 3.64. The molecule has 0 radical (unpaired) electrons. The number of ether oxygens (including phenoxy) is 1. The maximum absolute atomic E-state index is 11.6. The molecule has 0 unspecified atom stereocenters. The minimum Gasteiger partial charge on any atom is -0.497 e. The van der Waals surface area contributed by atoms with Gasteiger partial charge in [0.1, 0.15) is 11.4 Å². The van der Waals surface area contributed by atoms with Gasteiger partial charge in [-0.3, -0.25) is 10.1 Å². The van der Waals surface area contributed by atoms with Crippen LogP contribution >= 0.6 is 0 Å². The van der Waals surface area contributed by atoms with Gasteiger partial charge in [-0.25, -0.2) is 4.98 Å². The third-order valence-corrected chi connectivity index (χ3v) is 4.22. The summed E-state index contributed by atoms with van der Waals surface area (Å²) in [7, 11) is 1.56. The van der Waals surface area contributed by atoms with Crippen LogP contribution in [0, 0.1) is 17.0 Å². The number of hydrogen-bond donors (Lipinski definition) is 2. The average Bonchev–Trinajstić information content (AvgIpc) is 2.68. The second-order valence-corrected chi connectivity index (χ2v) is 6.08. The third kappa shape index (κ3) is 4.17. The molecule has 0 bridgehead atoms. The standard InChI is InChI=1S/C20H21N5O3/c1-4-14-8-5-6-11-17(14)23-20-21-13(2)18(25(26)27)19(24-20)22-15-9-7-10-16(12-15)28-3/h5-12H,4H2,1-3H3,(H2,21,22,23,24). The molecule has 3 aromatic rings. The number of nitrogens with zero attached hydrogens (tertiary/aromatic N) is 3. The Labute approximate surface area is 162 Å². The molecule has 0 spiro atoms. The minimum absolute atomic E-state index is 0.113. The van der Waals surface area contributed by atoms with Gasteiger partial charge in [0.05, 0.1) is 12.0 Å². The monoisotopic (exact) mass is 379 g/mol. The Balaban J connectivity index is 2.01. The Morgan fingerprint density at radius 1 is 1.11 bits per heavy atom. The molecule has 0 amide bonds. The molecule has 2 N–H and O–H groups in total. The van der Waals surface area contributed by atoms with Crippen LogP contribution in [0.3, 0.4) is 0 Å². The molecular formula is C20H21N5O3. The number of rotatable bonds is 7. The number of benzene rings is 2. The van der Waals surface area contributed by atoms with Crippen LogP contribution in [0.1, 0.15) is 18.2 Å². The van der Waals surface area contributed by atoms with Crippen LogP contribution < -0.4 is 15.4 Å². The smallest absolute Gasteiger partial charge is 0.332 e. The largest absolute Gasteiger partial charge is 0.497 e. The summed E-state index contributed by atoms with van der Waals surface area (Å²) < 4.78 is 5.20. The van der Waals surface area contributed by atoms with Gasteiger partial charge in [-0.2, -0.15) is 4.98 Å². The van der Waals surface area contributed by atoms with Gasteiger partial charge in [0.2, 0.25) is 11.8 Å². The zero-order valence-corrected chi connectivity index (χ0v) is 15.9. The molecule has 0 fully saturated rings. The molecule has 0 aliphatic rings. The summed E-state index contributed by atoms with van der Waals surface area (Å²) in [5, 5.41) is 17.7. The topological polar surface area (TPSA) is 102 Å². The lowest BCUT2D eigenvalue weighted by atomic mass is 10.1. The zero-order chi connectivity index (χ0) is 20.1. The van der Waals surface area contributed by atoms with Crippen LogP contribution in [-0.2, 0) is 6.42 Å². The van der Waals surface area contributed by atoms with Crippen LogP contribution in [0.25, 0.3) is 0 Å². The first-order valence-electron chi connectivity index (χ1n) is 8.80. The van der Waals surface area contributed by atoms with E-state index < -0.39 is 4.92 Å². The fourth-order valence-corrected chi connectivity index (χ4v) is 2.84. The van der Waals surface area contributed by atoms with Gasteiger partial charge in [0.25, 0.3) is 0 Å². The van der Waals surface area contributed by atoms with Crippen molar-refractivity contribution in [2.24, 2.45) is 0 Å². The van der Waals surface area contributed by atoms with Crippen molar-refractivity contribution >= 4 is 28.8 Å². The van der Waals surface area contributed by atoms with Crippen molar-refractivity contribution in [1.29, 1.82) is 0 Å². The van der Waals surface area contributed by atoms with Crippen LogP contribution in [0.2, 0.25) is 0 Å². The third-order valence-electron chi connectivity index (χ3n) is 4.22. The first kappa shape index (κ1) is 19.1. The Hall–Kier alpha value is -3.68. The maximum atomic E-state index is 11.6. The molecule has 3 rings (SSSR count). The quantitative estimate of drug-likeness (QED) is 0.451. The highest BCUT2D eigenvalue weighted by Gasteiger charge is 2.22. The summed E-state index contributed by atoms with van der Waals surface area (Å²) in [6, 6.07) is 14.9. The number of methoxy groups -OCH3 is 1. The molecule has 0 atom stereocenters.